The normalized spacial score (nSPS) is 38.4. The quantitative estimate of drug-likeness (QED) is 0.447. The average molecular weight is 104 g/mol. The van der Waals surface area contributed by atoms with E-state index in [2.05, 4.69) is 24.6 Å². The van der Waals surface area contributed by atoms with Gasteiger partial charge in [-0.3, -0.25) is 0 Å². The molecule has 1 rings (SSSR count). The summed E-state index contributed by atoms with van der Waals surface area (Å²) in [6.07, 6.45) is 5.87. The second-order valence-corrected chi connectivity index (χ2v) is 3.08. The van der Waals surface area contributed by atoms with Crippen LogP contribution in [0.1, 0.15) is 32.6 Å². The molecular formula is C7H13Li. The van der Waals surface area contributed by atoms with Gasteiger partial charge in [-0.15, -0.1) is 0 Å². The van der Waals surface area contributed by atoms with Crippen LogP contribution >= 0.6 is 0 Å². The molecule has 0 N–H and O–H groups in total. The molecule has 0 aromatic carbocycles. The van der Waals surface area contributed by atoms with Crippen molar-refractivity contribution in [2.24, 2.45) is 5.92 Å². The Morgan fingerprint density at radius 2 is 2.25 bits per heavy atom. The van der Waals surface area contributed by atoms with Crippen LogP contribution in [-0.2, 0) is 0 Å². The van der Waals surface area contributed by atoms with Crippen LogP contribution in [0.4, 0.5) is 0 Å². The van der Waals surface area contributed by atoms with Gasteiger partial charge in [-0.05, 0) is 0 Å². The Morgan fingerprint density at radius 1 is 1.50 bits per heavy atom. The summed E-state index contributed by atoms with van der Waals surface area (Å²) in [5.41, 5.74) is 0. The minimum absolute atomic E-state index is 1.03. The van der Waals surface area contributed by atoms with E-state index in [0.29, 0.717) is 0 Å². The van der Waals surface area contributed by atoms with E-state index >= 15 is 0 Å². The van der Waals surface area contributed by atoms with E-state index in [1.165, 1.54) is 25.7 Å². The van der Waals surface area contributed by atoms with Gasteiger partial charge in [0.05, 0.1) is 0 Å². The molecule has 0 aromatic heterocycles. The molecule has 0 aliphatic heterocycles. The van der Waals surface area contributed by atoms with Crippen LogP contribution in [0.2, 0.25) is 4.59 Å². The molecule has 0 radical (unpaired) electrons. The van der Waals surface area contributed by atoms with Gasteiger partial charge in [0.1, 0.15) is 0 Å². The predicted molar refractivity (Wildman–Crippen MR) is 37.1 cm³/mol. The summed E-state index contributed by atoms with van der Waals surface area (Å²) in [4.78, 5) is 0. The fourth-order valence-electron chi connectivity index (χ4n) is 1.83. The molecule has 8 heavy (non-hydrogen) atoms. The van der Waals surface area contributed by atoms with Crippen LogP contribution in [0.5, 0.6) is 0 Å². The summed E-state index contributed by atoms with van der Waals surface area (Å²) in [5.74, 6) is 1.06. The fourth-order valence-corrected chi connectivity index (χ4v) is 1.83. The standard InChI is InChI=1S/C7H13.Li/c1-2-7-5-3-4-6-7;/h5,7H,2-4,6H2,1H3;. The Morgan fingerprint density at radius 3 is 2.50 bits per heavy atom. The van der Waals surface area contributed by atoms with E-state index in [4.69, 9.17) is 0 Å². The first kappa shape index (κ1) is 6.71. The van der Waals surface area contributed by atoms with E-state index in [9.17, 15) is 0 Å². The van der Waals surface area contributed by atoms with Gasteiger partial charge in [-0.25, -0.2) is 0 Å². The summed E-state index contributed by atoms with van der Waals surface area (Å²) in [6.45, 7) is 2.31. The Bertz CT molecular complexity index is 70.8. The molecule has 1 aliphatic carbocycles. The van der Waals surface area contributed by atoms with Gasteiger partial charge < -0.3 is 0 Å². The van der Waals surface area contributed by atoms with Gasteiger partial charge in [-0.2, -0.15) is 0 Å². The summed E-state index contributed by atoms with van der Waals surface area (Å²) in [7, 11) is 0. The fraction of sp³-hybridized carbons (Fsp3) is 1.00. The molecule has 0 saturated heterocycles. The molecule has 1 heteroatoms. The van der Waals surface area contributed by atoms with Crippen LogP contribution in [0.3, 0.4) is 0 Å². The first-order valence-electron chi connectivity index (χ1n) is 3.84. The SMILES string of the molecule is [Li][CH]1CCCC1CC. The Labute approximate surface area is 61.2 Å². The van der Waals surface area contributed by atoms with Crippen molar-refractivity contribution >= 4 is 17.7 Å². The summed E-state index contributed by atoms with van der Waals surface area (Å²) >= 11 is 2.39. The molecule has 1 fully saturated rings. The monoisotopic (exact) mass is 104 g/mol. The maximum atomic E-state index is 2.39. The molecular weight excluding hydrogens is 91.0 g/mol. The van der Waals surface area contributed by atoms with E-state index in [0.717, 1.165) is 10.5 Å². The Kier molecular flexibility index (Phi) is 2.47. The topological polar surface area (TPSA) is 0 Å². The van der Waals surface area contributed by atoms with Crippen molar-refractivity contribution in [3.63, 3.8) is 0 Å². The average Bonchev–Trinajstić information content (AvgIpc) is 2.14. The first-order chi connectivity index (χ1) is 3.84. The van der Waals surface area contributed by atoms with E-state index in [1.54, 1.807) is 0 Å². The van der Waals surface area contributed by atoms with Gasteiger partial charge >= 0.3 is 60.8 Å². The van der Waals surface area contributed by atoms with Crippen molar-refractivity contribution in [3.05, 3.63) is 0 Å². The third kappa shape index (κ3) is 1.30. The van der Waals surface area contributed by atoms with Crippen LogP contribution in [-0.4, -0.2) is 17.7 Å². The number of rotatable bonds is 1. The summed E-state index contributed by atoms with van der Waals surface area (Å²) < 4.78 is 1.03. The third-order valence-electron chi connectivity index (χ3n) is 2.56. The molecule has 2 atom stereocenters. The van der Waals surface area contributed by atoms with Crippen molar-refractivity contribution in [2.75, 3.05) is 0 Å². The van der Waals surface area contributed by atoms with Crippen LogP contribution in [0, 0.1) is 5.92 Å². The molecule has 0 aromatic rings. The molecule has 0 bridgehead atoms. The summed E-state index contributed by atoms with van der Waals surface area (Å²) in [6, 6.07) is 0. The van der Waals surface area contributed by atoms with Crippen molar-refractivity contribution in [1.82, 2.24) is 0 Å². The molecule has 2 unspecified atom stereocenters. The zero-order valence-electron chi connectivity index (χ0n) is 5.98. The molecule has 0 nitrogen and oxygen atoms in total. The number of hydrogen-bond acceptors (Lipinski definition) is 0. The van der Waals surface area contributed by atoms with E-state index < -0.39 is 0 Å². The van der Waals surface area contributed by atoms with Crippen LogP contribution in [0.15, 0.2) is 0 Å². The number of hydrogen-bond donors (Lipinski definition) is 0. The van der Waals surface area contributed by atoms with Crippen molar-refractivity contribution in [3.8, 4) is 0 Å². The van der Waals surface area contributed by atoms with Gasteiger partial charge in [-0.1, -0.05) is 0 Å². The molecule has 0 spiro atoms. The molecule has 1 saturated carbocycles. The zero-order chi connectivity index (χ0) is 5.98. The molecule has 0 amide bonds. The van der Waals surface area contributed by atoms with E-state index in [1.807, 2.05) is 0 Å². The molecule has 0 heterocycles. The molecule has 42 valence electrons. The Balaban J connectivity index is 2.30. The second kappa shape index (κ2) is 2.94. The van der Waals surface area contributed by atoms with Crippen LogP contribution < -0.4 is 0 Å². The molecule has 1 aliphatic rings. The Hall–Kier alpha value is 0.597. The second-order valence-electron chi connectivity index (χ2n) is 3.08. The zero-order valence-corrected chi connectivity index (χ0v) is 5.98. The third-order valence-corrected chi connectivity index (χ3v) is 2.56. The summed E-state index contributed by atoms with van der Waals surface area (Å²) in [5, 5.41) is 0. The van der Waals surface area contributed by atoms with Crippen molar-refractivity contribution in [2.45, 2.75) is 37.2 Å². The van der Waals surface area contributed by atoms with Gasteiger partial charge in [0, 0.05) is 0 Å². The first-order valence-corrected chi connectivity index (χ1v) is 3.84. The van der Waals surface area contributed by atoms with Crippen molar-refractivity contribution < 1.29 is 0 Å². The van der Waals surface area contributed by atoms with Crippen LogP contribution in [0.25, 0.3) is 0 Å². The van der Waals surface area contributed by atoms with Gasteiger partial charge in [0.25, 0.3) is 0 Å². The van der Waals surface area contributed by atoms with Crippen molar-refractivity contribution in [1.29, 1.82) is 0 Å². The van der Waals surface area contributed by atoms with Gasteiger partial charge in [0.2, 0.25) is 0 Å². The maximum absolute atomic E-state index is 2.39. The van der Waals surface area contributed by atoms with E-state index in [-0.39, 0.29) is 0 Å². The minimum atomic E-state index is 1.03. The van der Waals surface area contributed by atoms with Gasteiger partial charge in [0.15, 0.2) is 0 Å². The predicted octanol–water partition coefficient (Wildman–Crippen LogP) is 2.15.